The highest BCUT2D eigenvalue weighted by Crippen LogP contribution is 2.23. The summed E-state index contributed by atoms with van der Waals surface area (Å²) in [6.07, 6.45) is 8.89. The first kappa shape index (κ1) is 13.8. The Morgan fingerprint density at radius 3 is 2.74 bits per heavy atom. The molecule has 2 heterocycles. The molecule has 1 aromatic heterocycles. The average Bonchev–Trinajstić information content (AvgIpc) is 2.40. The van der Waals surface area contributed by atoms with Gasteiger partial charge in [-0.05, 0) is 37.2 Å². The van der Waals surface area contributed by atoms with E-state index in [0.717, 1.165) is 25.3 Å². The molecule has 1 aliphatic heterocycles. The topological polar surface area (TPSA) is 52.8 Å². The van der Waals surface area contributed by atoms with Gasteiger partial charge in [-0.25, -0.2) is 9.97 Å². The summed E-state index contributed by atoms with van der Waals surface area (Å²) in [5.41, 5.74) is 1.19. The van der Waals surface area contributed by atoms with Gasteiger partial charge in [-0.3, -0.25) is 0 Å². The third-order valence-electron chi connectivity index (χ3n) is 3.55. The van der Waals surface area contributed by atoms with Crippen molar-refractivity contribution in [3.05, 3.63) is 18.0 Å². The Morgan fingerprint density at radius 2 is 2.11 bits per heavy atom. The molecular weight excluding hydrogens is 236 g/mol. The van der Waals surface area contributed by atoms with Crippen molar-refractivity contribution in [1.29, 1.82) is 5.26 Å². The Hall–Kier alpha value is -1.63. The summed E-state index contributed by atoms with van der Waals surface area (Å²) in [5.74, 6) is 1.41. The lowest BCUT2D eigenvalue weighted by Crippen LogP contribution is -2.40. The molecule has 0 N–H and O–H groups in total. The van der Waals surface area contributed by atoms with E-state index in [9.17, 15) is 0 Å². The second kappa shape index (κ2) is 6.51. The molecule has 4 nitrogen and oxygen atoms in total. The van der Waals surface area contributed by atoms with Crippen molar-refractivity contribution >= 4 is 5.95 Å². The molecule has 1 saturated heterocycles. The van der Waals surface area contributed by atoms with E-state index in [4.69, 9.17) is 5.26 Å². The van der Waals surface area contributed by atoms with E-state index in [2.05, 4.69) is 34.8 Å². The monoisotopic (exact) mass is 258 g/mol. The lowest BCUT2D eigenvalue weighted by molar-refractivity contribution is 0.457. The highest BCUT2D eigenvalue weighted by atomic mass is 15.3. The van der Waals surface area contributed by atoms with Crippen LogP contribution < -0.4 is 4.90 Å². The third kappa shape index (κ3) is 3.66. The van der Waals surface area contributed by atoms with Crippen LogP contribution in [-0.4, -0.2) is 22.6 Å². The quantitative estimate of drug-likeness (QED) is 0.833. The number of hydrogen-bond donors (Lipinski definition) is 0. The van der Waals surface area contributed by atoms with E-state index in [1.807, 2.05) is 12.4 Å². The van der Waals surface area contributed by atoms with Gasteiger partial charge in [0.1, 0.15) is 0 Å². The number of piperidine rings is 1. The van der Waals surface area contributed by atoms with Gasteiger partial charge in [0.15, 0.2) is 0 Å². The van der Waals surface area contributed by atoms with Gasteiger partial charge in [-0.1, -0.05) is 13.8 Å². The van der Waals surface area contributed by atoms with Gasteiger partial charge >= 0.3 is 0 Å². The molecule has 0 aromatic carbocycles. The molecule has 0 spiro atoms. The van der Waals surface area contributed by atoms with E-state index in [-0.39, 0.29) is 6.04 Å². The molecular formula is C15H22N4. The van der Waals surface area contributed by atoms with Crippen LogP contribution in [0.3, 0.4) is 0 Å². The molecule has 0 bridgehead atoms. The Balaban J connectivity index is 2.09. The second-order valence-electron chi connectivity index (χ2n) is 5.69. The summed E-state index contributed by atoms with van der Waals surface area (Å²) in [7, 11) is 0. The van der Waals surface area contributed by atoms with Crippen LogP contribution in [0.2, 0.25) is 0 Å². The molecule has 0 radical (unpaired) electrons. The van der Waals surface area contributed by atoms with Crippen LogP contribution in [0, 0.1) is 17.2 Å². The minimum Gasteiger partial charge on any atom is -0.337 e. The molecule has 0 aliphatic carbocycles. The van der Waals surface area contributed by atoms with E-state index >= 15 is 0 Å². The maximum atomic E-state index is 8.91. The zero-order chi connectivity index (χ0) is 13.7. The summed E-state index contributed by atoms with van der Waals surface area (Å²) in [6.45, 7) is 5.36. The van der Waals surface area contributed by atoms with Crippen LogP contribution in [0.4, 0.5) is 5.95 Å². The fourth-order valence-corrected chi connectivity index (χ4v) is 2.65. The van der Waals surface area contributed by atoms with Crippen LogP contribution in [0.1, 0.15) is 45.1 Å². The van der Waals surface area contributed by atoms with Crippen molar-refractivity contribution in [2.75, 3.05) is 11.4 Å². The lowest BCUT2D eigenvalue weighted by Gasteiger charge is -2.34. The number of rotatable bonds is 4. The average molecular weight is 258 g/mol. The minimum atomic E-state index is 0.287. The van der Waals surface area contributed by atoms with E-state index in [1.54, 1.807) is 0 Å². The van der Waals surface area contributed by atoms with E-state index in [0.29, 0.717) is 12.3 Å². The predicted octanol–water partition coefficient (Wildman–Crippen LogP) is 2.95. The van der Waals surface area contributed by atoms with Crippen molar-refractivity contribution in [2.24, 2.45) is 5.92 Å². The van der Waals surface area contributed by atoms with Crippen LogP contribution in [0.25, 0.3) is 0 Å². The van der Waals surface area contributed by atoms with Gasteiger partial charge in [0, 0.05) is 25.0 Å². The molecule has 4 heteroatoms. The Labute approximate surface area is 115 Å². The Morgan fingerprint density at radius 1 is 1.37 bits per heavy atom. The molecule has 0 saturated carbocycles. The van der Waals surface area contributed by atoms with E-state index in [1.165, 1.54) is 18.4 Å². The van der Waals surface area contributed by atoms with Crippen LogP contribution in [0.15, 0.2) is 12.4 Å². The van der Waals surface area contributed by atoms with Gasteiger partial charge in [-0.2, -0.15) is 5.26 Å². The number of nitriles is 1. The summed E-state index contributed by atoms with van der Waals surface area (Å²) in [6, 6.07) is 2.56. The summed E-state index contributed by atoms with van der Waals surface area (Å²) < 4.78 is 0. The molecule has 1 fully saturated rings. The zero-order valence-electron chi connectivity index (χ0n) is 11.8. The van der Waals surface area contributed by atoms with Gasteiger partial charge < -0.3 is 4.90 Å². The number of anilines is 1. The standard InChI is InChI=1S/C15H22N4/c1-12(2)9-13-10-17-15(18-11-13)19-8-4-3-5-14(19)6-7-16/h10-12,14H,3-6,8-9H2,1-2H3. The first-order valence-electron chi connectivity index (χ1n) is 7.15. The number of nitrogens with zero attached hydrogens (tertiary/aromatic N) is 4. The number of aromatic nitrogens is 2. The van der Waals surface area contributed by atoms with Gasteiger partial charge in [0.05, 0.1) is 12.5 Å². The number of hydrogen-bond acceptors (Lipinski definition) is 4. The van der Waals surface area contributed by atoms with Crippen LogP contribution in [-0.2, 0) is 6.42 Å². The molecule has 102 valence electrons. The van der Waals surface area contributed by atoms with Crippen molar-refractivity contribution in [2.45, 2.75) is 52.0 Å². The predicted molar refractivity (Wildman–Crippen MR) is 75.8 cm³/mol. The maximum Gasteiger partial charge on any atom is 0.225 e. The molecule has 1 aliphatic rings. The molecule has 19 heavy (non-hydrogen) atoms. The highest BCUT2D eigenvalue weighted by molar-refractivity contribution is 5.33. The lowest BCUT2D eigenvalue weighted by atomic mass is 10.0. The summed E-state index contributed by atoms with van der Waals surface area (Å²) in [4.78, 5) is 11.2. The van der Waals surface area contributed by atoms with Gasteiger partial charge in [0.25, 0.3) is 0 Å². The van der Waals surface area contributed by atoms with Gasteiger partial charge in [-0.15, -0.1) is 0 Å². The second-order valence-corrected chi connectivity index (χ2v) is 5.69. The van der Waals surface area contributed by atoms with Crippen LogP contribution in [0.5, 0.6) is 0 Å². The highest BCUT2D eigenvalue weighted by Gasteiger charge is 2.24. The fourth-order valence-electron chi connectivity index (χ4n) is 2.65. The fraction of sp³-hybridized carbons (Fsp3) is 0.667. The maximum absolute atomic E-state index is 8.91. The smallest absolute Gasteiger partial charge is 0.225 e. The van der Waals surface area contributed by atoms with E-state index < -0.39 is 0 Å². The molecule has 1 aromatic rings. The Bertz CT molecular complexity index is 432. The third-order valence-corrected chi connectivity index (χ3v) is 3.55. The van der Waals surface area contributed by atoms with Crippen molar-refractivity contribution < 1.29 is 0 Å². The summed E-state index contributed by atoms with van der Waals surface area (Å²) >= 11 is 0. The first-order chi connectivity index (χ1) is 9.20. The van der Waals surface area contributed by atoms with Crippen LogP contribution >= 0.6 is 0 Å². The normalized spacial score (nSPS) is 19.5. The van der Waals surface area contributed by atoms with Crippen molar-refractivity contribution in [3.63, 3.8) is 0 Å². The zero-order valence-corrected chi connectivity index (χ0v) is 11.8. The summed E-state index contributed by atoms with van der Waals surface area (Å²) in [5, 5.41) is 8.91. The van der Waals surface area contributed by atoms with Crippen molar-refractivity contribution in [1.82, 2.24) is 9.97 Å². The minimum absolute atomic E-state index is 0.287. The molecule has 1 atom stereocenters. The van der Waals surface area contributed by atoms with Crippen molar-refractivity contribution in [3.8, 4) is 6.07 Å². The molecule has 0 amide bonds. The SMILES string of the molecule is CC(C)Cc1cnc(N2CCCCC2CC#N)nc1. The van der Waals surface area contributed by atoms with Gasteiger partial charge in [0.2, 0.25) is 5.95 Å². The largest absolute Gasteiger partial charge is 0.337 e. The molecule has 2 rings (SSSR count). The molecule has 1 unspecified atom stereocenters. The Kier molecular flexibility index (Phi) is 4.73. The first-order valence-corrected chi connectivity index (χ1v) is 7.15.